The van der Waals surface area contributed by atoms with Crippen LogP contribution >= 0.6 is 0 Å². The summed E-state index contributed by atoms with van der Waals surface area (Å²) in [6.07, 6.45) is -9.73. The third kappa shape index (κ3) is 6.00. The zero-order valence-corrected chi connectivity index (χ0v) is 24.6. The van der Waals surface area contributed by atoms with Gasteiger partial charge in [0.25, 0.3) is 11.5 Å². The van der Waals surface area contributed by atoms with Gasteiger partial charge >= 0.3 is 12.4 Å². The first-order valence-corrected chi connectivity index (χ1v) is 14.6. The minimum absolute atomic E-state index is 0.0177. The second-order valence-corrected chi connectivity index (χ2v) is 11.8. The fourth-order valence-corrected chi connectivity index (χ4v) is 6.41. The number of anilines is 1. The van der Waals surface area contributed by atoms with Crippen LogP contribution in [-0.2, 0) is 38.4 Å². The predicted molar refractivity (Wildman–Crippen MR) is 158 cm³/mol. The zero-order chi connectivity index (χ0) is 33.0. The molecule has 2 aliphatic rings. The molecule has 0 unspecified atom stereocenters. The van der Waals surface area contributed by atoms with E-state index in [0.29, 0.717) is 47.4 Å². The average Bonchev–Trinajstić information content (AvgIpc) is 3.13. The van der Waals surface area contributed by atoms with Crippen LogP contribution in [0.2, 0.25) is 0 Å². The third-order valence-electron chi connectivity index (χ3n) is 8.45. The van der Waals surface area contributed by atoms with E-state index >= 15 is 0 Å². The van der Waals surface area contributed by atoms with E-state index in [2.05, 4.69) is 0 Å². The van der Waals surface area contributed by atoms with Gasteiger partial charge in [-0.25, -0.2) is 4.39 Å². The molecule has 0 bridgehead atoms. The van der Waals surface area contributed by atoms with Crippen molar-refractivity contribution in [1.29, 1.82) is 0 Å². The van der Waals surface area contributed by atoms with Gasteiger partial charge in [0.05, 0.1) is 11.1 Å². The minimum Gasteiger partial charge on any atom is -0.367 e. The molecule has 0 aliphatic carbocycles. The van der Waals surface area contributed by atoms with Crippen molar-refractivity contribution in [3.63, 3.8) is 0 Å². The number of nitrogens with zero attached hydrogens (tertiary/aromatic N) is 3. The van der Waals surface area contributed by atoms with Crippen LogP contribution < -0.4 is 10.5 Å². The summed E-state index contributed by atoms with van der Waals surface area (Å²) in [5, 5.41) is 0. The van der Waals surface area contributed by atoms with Crippen LogP contribution in [-0.4, -0.2) is 28.5 Å². The predicted octanol–water partition coefficient (Wildman–Crippen LogP) is 7.55. The number of pyridine rings is 1. The van der Waals surface area contributed by atoms with E-state index < -0.39 is 47.3 Å². The Morgan fingerprint density at radius 2 is 1.43 bits per heavy atom. The van der Waals surface area contributed by atoms with Gasteiger partial charge < -0.3 is 14.4 Å². The highest BCUT2D eigenvalue weighted by atomic mass is 19.4. The number of aromatic nitrogens is 1. The number of rotatable bonds is 4. The lowest BCUT2D eigenvalue weighted by molar-refractivity contribution is -0.143. The fraction of sp³-hybridized carbons (Fsp3) is 0.294. The number of alkyl halides is 6. The lowest BCUT2D eigenvalue weighted by atomic mass is 9.89. The van der Waals surface area contributed by atoms with Crippen molar-refractivity contribution in [2.45, 2.75) is 45.3 Å². The number of amides is 1. The Labute approximate surface area is 259 Å². The van der Waals surface area contributed by atoms with Crippen molar-refractivity contribution in [3.05, 3.63) is 122 Å². The van der Waals surface area contributed by atoms with Crippen LogP contribution in [0.3, 0.4) is 0 Å². The summed E-state index contributed by atoms with van der Waals surface area (Å²) in [5.74, 6) is -1.61. The van der Waals surface area contributed by atoms with Gasteiger partial charge in [0.15, 0.2) is 0 Å². The molecule has 46 heavy (non-hydrogen) atoms. The molecule has 1 amide bonds. The quantitative estimate of drug-likeness (QED) is 0.216. The first-order chi connectivity index (χ1) is 21.7. The molecule has 0 fully saturated rings. The number of fused-ring (bicyclic) bond motifs is 2. The maximum absolute atomic E-state index is 14.4. The molecular formula is C34H28F7N3O2. The number of hydrogen-bond donors (Lipinski definition) is 0. The molecule has 240 valence electrons. The van der Waals surface area contributed by atoms with Crippen molar-refractivity contribution >= 4 is 11.6 Å². The highest BCUT2D eigenvalue weighted by Crippen LogP contribution is 2.38. The van der Waals surface area contributed by atoms with Gasteiger partial charge in [0.1, 0.15) is 11.5 Å². The standard InChI is InChI=1S/C34H28F7N3O2/c1-20-16-43(18-21-13-23(33(36,37)38)15-24(14-21)34(39,40)41)32(46)30-29(22-7-9-25(35)10-8-22)27-11-12-42(26-5-3-2-4-6-26)19-28(27)31(45)44(30)17-20/h2-10,13-15,20H,11-12,16-19H2,1H3/t20-/m0/s1. The van der Waals surface area contributed by atoms with Crippen LogP contribution in [0.5, 0.6) is 0 Å². The fourth-order valence-electron chi connectivity index (χ4n) is 6.41. The number of carbonyl (C=O) groups excluding carboxylic acids is 1. The summed E-state index contributed by atoms with van der Waals surface area (Å²) < 4.78 is 97.0. The second-order valence-electron chi connectivity index (χ2n) is 11.8. The Hall–Kier alpha value is -4.61. The van der Waals surface area contributed by atoms with E-state index in [0.717, 1.165) is 5.69 Å². The topological polar surface area (TPSA) is 45.6 Å². The number of hydrogen-bond acceptors (Lipinski definition) is 3. The minimum atomic E-state index is -5.05. The summed E-state index contributed by atoms with van der Waals surface area (Å²) in [5.41, 5.74) is -0.851. The molecule has 3 aromatic carbocycles. The van der Waals surface area contributed by atoms with Crippen LogP contribution in [0.25, 0.3) is 11.1 Å². The lowest BCUT2D eigenvalue weighted by Crippen LogP contribution is -2.40. The summed E-state index contributed by atoms with van der Waals surface area (Å²) in [7, 11) is 0. The van der Waals surface area contributed by atoms with Gasteiger partial charge in [-0.3, -0.25) is 9.59 Å². The van der Waals surface area contributed by atoms with E-state index in [9.17, 15) is 40.3 Å². The average molecular weight is 644 g/mol. The molecule has 6 rings (SSSR count). The van der Waals surface area contributed by atoms with Crippen molar-refractivity contribution in [2.24, 2.45) is 5.92 Å². The Morgan fingerprint density at radius 1 is 0.804 bits per heavy atom. The second kappa shape index (κ2) is 11.6. The lowest BCUT2D eigenvalue weighted by Gasteiger charge is -2.33. The van der Waals surface area contributed by atoms with E-state index in [1.54, 1.807) is 6.92 Å². The van der Waals surface area contributed by atoms with Crippen LogP contribution in [0.15, 0.2) is 77.6 Å². The van der Waals surface area contributed by atoms with Crippen LogP contribution in [0.4, 0.5) is 36.4 Å². The molecule has 4 aromatic rings. The summed E-state index contributed by atoms with van der Waals surface area (Å²) >= 11 is 0. The van der Waals surface area contributed by atoms with Gasteiger partial charge in [-0.05, 0) is 71.5 Å². The van der Waals surface area contributed by atoms with Gasteiger partial charge in [-0.2, -0.15) is 26.3 Å². The third-order valence-corrected chi connectivity index (χ3v) is 8.45. The highest BCUT2D eigenvalue weighted by molar-refractivity contribution is 6.00. The van der Waals surface area contributed by atoms with Gasteiger partial charge in [-0.1, -0.05) is 37.3 Å². The van der Waals surface area contributed by atoms with Crippen molar-refractivity contribution in [1.82, 2.24) is 9.47 Å². The summed E-state index contributed by atoms with van der Waals surface area (Å²) in [6, 6.07) is 16.2. The molecule has 0 radical (unpaired) electrons. The maximum Gasteiger partial charge on any atom is 0.416 e. The SMILES string of the molecule is C[C@H]1CN(Cc2cc(C(F)(F)F)cc(C(F)(F)F)c2)C(=O)c2c(-c3ccc(F)cc3)c3c(c(=O)n2C1)CN(c1ccccc1)CC3. The molecule has 0 N–H and O–H groups in total. The Kier molecular flexibility index (Phi) is 7.94. The molecule has 2 aliphatic heterocycles. The molecule has 0 saturated heterocycles. The van der Waals surface area contributed by atoms with Crippen molar-refractivity contribution in [3.8, 4) is 11.1 Å². The summed E-state index contributed by atoms with van der Waals surface area (Å²) in [6.45, 7) is 2.02. The van der Waals surface area contributed by atoms with E-state index in [4.69, 9.17) is 0 Å². The number of para-hydroxylation sites is 1. The molecule has 0 spiro atoms. The Balaban J connectivity index is 1.50. The number of halogens is 7. The molecule has 1 aromatic heterocycles. The van der Waals surface area contributed by atoms with E-state index in [-0.39, 0.29) is 42.9 Å². The normalized spacial score (nSPS) is 17.0. The van der Waals surface area contributed by atoms with Crippen molar-refractivity contribution in [2.75, 3.05) is 18.0 Å². The molecular weight excluding hydrogens is 615 g/mol. The highest BCUT2D eigenvalue weighted by Gasteiger charge is 2.39. The molecule has 3 heterocycles. The van der Waals surface area contributed by atoms with Gasteiger partial charge in [0, 0.05) is 49.5 Å². The smallest absolute Gasteiger partial charge is 0.367 e. The van der Waals surface area contributed by atoms with Gasteiger partial charge in [0.2, 0.25) is 0 Å². The van der Waals surface area contributed by atoms with Crippen molar-refractivity contribution < 1.29 is 35.5 Å². The number of benzene rings is 3. The van der Waals surface area contributed by atoms with E-state index in [1.807, 2.05) is 35.2 Å². The molecule has 12 heteroatoms. The zero-order valence-electron chi connectivity index (χ0n) is 24.6. The maximum atomic E-state index is 14.4. The molecule has 5 nitrogen and oxygen atoms in total. The first-order valence-electron chi connectivity index (χ1n) is 14.6. The molecule has 0 saturated carbocycles. The largest absolute Gasteiger partial charge is 0.416 e. The number of carbonyl (C=O) groups is 1. The van der Waals surface area contributed by atoms with Crippen LogP contribution in [0, 0.1) is 11.7 Å². The Bertz CT molecular complexity index is 1820. The van der Waals surface area contributed by atoms with Crippen LogP contribution in [0.1, 0.15) is 45.2 Å². The summed E-state index contributed by atoms with van der Waals surface area (Å²) in [4.78, 5) is 31.8. The monoisotopic (exact) mass is 643 g/mol. The first kappa shape index (κ1) is 31.4. The van der Waals surface area contributed by atoms with E-state index in [1.165, 1.54) is 33.7 Å². The van der Waals surface area contributed by atoms with Gasteiger partial charge in [-0.15, -0.1) is 0 Å². The Morgan fingerprint density at radius 3 is 2.04 bits per heavy atom. The molecule has 1 atom stereocenters.